The van der Waals surface area contributed by atoms with E-state index in [1.165, 1.54) is 6.07 Å². The third-order valence-corrected chi connectivity index (χ3v) is 3.04. The molecule has 0 saturated carbocycles. The number of rotatable bonds is 5. The second-order valence-corrected chi connectivity index (χ2v) is 5.31. The Kier molecular flexibility index (Phi) is 9.00. The first-order valence-corrected chi connectivity index (χ1v) is 7.30. The first kappa shape index (κ1) is 19.7. The zero-order chi connectivity index (χ0) is 16.5. The monoisotopic (exact) mass is 327 g/mol. The summed E-state index contributed by atoms with van der Waals surface area (Å²) < 4.78 is 49.0. The van der Waals surface area contributed by atoms with Gasteiger partial charge in [0.1, 0.15) is 12.4 Å². The molecule has 0 spiro atoms. The van der Waals surface area contributed by atoms with Gasteiger partial charge in [0.2, 0.25) is 0 Å². The molecule has 0 radical (unpaired) electrons. The Labute approximate surface area is 125 Å². The summed E-state index contributed by atoms with van der Waals surface area (Å²) in [6.07, 6.45) is -2.09. The van der Waals surface area contributed by atoms with E-state index in [1.54, 1.807) is 6.26 Å². The molecule has 1 rings (SSSR count). The Balaban J connectivity index is 0.000000433. The third kappa shape index (κ3) is 8.54. The van der Waals surface area contributed by atoms with Crippen molar-refractivity contribution in [2.75, 3.05) is 12.9 Å². The number of alkyl halides is 3. The molecule has 0 aliphatic heterocycles. The van der Waals surface area contributed by atoms with Crippen LogP contribution in [0.25, 0.3) is 0 Å². The van der Waals surface area contributed by atoms with Crippen LogP contribution in [0, 0.1) is 16.6 Å². The molecule has 1 aromatic rings. The van der Waals surface area contributed by atoms with E-state index in [0.717, 1.165) is 30.3 Å². The molecule has 0 N–H and O–H groups in total. The van der Waals surface area contributed by atoms with E-state index >= 15 is 0 Å². The molecule has 0 aromatic heterocycles. The molecular formula is C13H17F4NO2S. The summed E-state index contributed by atoms with van der Waals surface area (Å²) >= 11 is 1.14. The standard InChI is InChI=1S/C8H6F4S.C5H11NO2/c1-13-5-2-3-7(9)6(4-5)8(10,11)12;1-5(2)3-4-8-6-7/h2-4H,1H3;5H,3-4H2,1-2H3. The number of halogens is 4. The predicted molar refractivity (Wildman–Crippen MR) is 74.4 cm³/mol. The van der Waals surface area contributed by atoms with Crippen molar-refractivity contribution in [3.63, 3.8) is 0 Å². The Bertz CT molecular complexity index is 439. The lowest BCUT2D eigenvalue weighted by Crippen LogP contribution is -2.07. The van der Waals surface area contributed by atoms with Gasteiger partial charge in [0.15, 0.2) is 5.34 Å². The largest absolute Gasteiger partial charge is 0.419 e. The Hall–Kier alpha value is -1.31. The number of thioether (sulfide) groups is 1. The highest BCUT2D eigenvalue weighted by molar-refractivity contribution is 7.98. The predicted octanol–water partition coefficient (Wildman–Crippen LogP) is 5.30. The average Bonchev–Trinajstić information content (AvgIpc) is 2.38. The van der Waals surface area contributed by atoms with Crippen LogP contribution in [0.15, 0.2) is 28.4 Å². The van der Waals surface area contributed by atoms with Gasteiger partial charge in [0, 0.05) is 4.90 Å². The van der Waals surface area contributed by atoms with Crippen LogP contribution in [-0.2, 0) is 11.0 Å². The molecule has 0 unspecified atom stereocenters. The minimum atomic E-state index is -4.62. The van der Waals surface area contributed by atoms with Crippen molar-refractivity contribution < 1.29 is 22.4 Å². The van der Waals surface area contributed by atoms with Crippen molar-refractivity contribution >= 4 is 11.8 Å². The Morgan fingerprint density at radius 2 is 1.95 bits per heavy atom. The van der Waals surface area contributed by atoms with Crippen molar-refractivity contribution in [2.24, 2.45) is 11.3 Å². The average molecular weight is 327 g/mol. The maximum absolute atomic E-state index is 12.7. The van der Waals surface area contributed by atoms with Crippen LogP contribution in [0.2, 0.25) is 0 Å². The van der Waals surface area contributed by atoms with Crippen molar-refractivity contribution in [1.82, 2.24) is 0 Å². The van der Waals surface area contributed by atoms with Gasteiger partial charge < -0.3 is 4.84 Å². The zero-order valence-corrected chi connectivity index (χ0v) is 12.7. The molecule has 1 aromatic carbocycles. The van der Waals surface area contributed by atoms with Gasteiger partial charge in [-0.2, -0.15) is 13.2 Å². The molecule has 3 nitrogen and oxygen atoms in total. The van der Waals surface area contributed by atoms with Crippen LogP contribution in [0.3, 0.4) is 0 Å². The molecule has 8 heteroatoms. The van der Waals surface area contributed by atoms with E-state index in [2.05, 4.69) is 24.0 Å². The Morgan fingerprint density at radius 3 is 2.38 bits per heavy atom. The van der Waals surface area contributed by atoms with Gasteiger partial charge in [-0.25, -0.2) is 4.39 Å². The smallest absolute Gasteiger partial charge is 0.364 e. The summed E-state index contributed by atoms with van der Waals surface area (Å²) in [5, 5.41) is 2.26. The molecule has 120 valence electrons. The molecule has 0 heterocycles. The van der Waals surface area contributed by atoms with Crippen LogP contribution in [-0.4, -0.2) is 12.9 Å². The minimum absolute atomic E-state index is 0.397. The zero-order valence-electron chi connectivity index (χ0n) is 11.9. The molecule has 0 aliphatic carbocycles. The highest BCUT2D eigenvalue weighted by Gasteiger charge is 2.34. The highest BCUT2D eigenvalue weighted by Crippen LogP contribution is 2.33. The van der Waals surface area contributed by atoms with E-state index < -0.39 is 17.6 Å². The molecule has 0 fully saturated rings. The number of nitrogens with zero attached hydrogens (tertiary/aromatic N) is 1. The van der Waals surface area contributed by atoms with Gasteiger partial charge in [-0.15, -0.1) is 16.7 Å². The van der Waals surface area contributed by atoms with E-state index in [4.69, 9.17) is 0 Å². The normalized spacial score (nSPS) is 10.9. The lowest BCUT2D eigenvalue weighted by atomic mass is 10.1. The van der Waals surface area contributed by atoms with Crippen molar-refractivity contribution in [1.29, 1.82) is 0 Å². The number of hydrogen-bond acceptors (Lipinski definition) is 4. The van der Waals surface area contributed by atoms with Crippen LogP contribution in [0.4, 0.5) is 17.6 Å². The maximum atomic E-state index is 12.7. The summed E-state index contributed by atoms with van der Waals surface area (Å²) in [7, 11) is 0. The summed E-state index contributed by atoms with van der Waals surface area (Å²) in [6.45, 7) is 4.57. The maximum Gasteiger partial charge on any atom is 0.419 e. The van der Waals surface area contributed by atoms with E-state index in [1.807, 2.05) is 0 Å². The third-order valence-electron chi connectivity index (χ3n) is 2.32. The summed E-state index contributed by atoms with van der Waals surface area (Å²) in [6, 6.07) is 2.95. The number of hydrogen-bond donors (Lipinski definition) is 0. The second-order valence-electron chi connectivity index (χ2n) is 4.43. The van der Waals surface area contributed by atoms with Crippen LogP contribution >= 0.6 is 11.8 Å². The van der Waals surface area contributed by atoms with Crippen molar-refractivity contribution in [3.8, 4) is 0 Å². The fraction of sp³-hybridized carbons (Fsp3) is 0.538. The van der Waals surface area contributed by atoms with Crippen LogP contribution < -0.4 is 0 Å². The molecule has 0 bridgehead atoms. The first-order chi connectivity index (χ1) is 9.72. The lowest BCUT2D eigenvalue weighted by molar-refractivity contribution is -0.140. The molecule has 21 heavy (non-hydrogen) atoms. The molecule has 0 atom stereocenters. The fourth-order valence-electron chi connectivity index (χ4n) is 1.17. The molecule has 0 saturated heterocycles. The van der Waals surface area contributed by atoms with E-state index in [9.17, 15) is 22.5 Å². The summed E-state index contributed by atoms with van der Waals surface area (Å²) in [5.41, 5.74) is -1.21. The second kappa shape index (κ2) is 9.59. The van der Waals surface area contributed by atoms with Crippen LogP contribution in [0.5, 0.6) is 0 Å². The highest BCUT2D eigenvalue weighted by atomic mass is 32.2. The first-order valence-electron chi connectivity index (χ1n) is 6.07. The molecule has 0 aliphatic rings. The quantitative estimate of drug-likeness (QED) is 0.242. The van der Waals surface area contributed by atoms with Crippen LogP contribution in [0.1, 0.15) is 25.8 Å². The topological polar surface area (TPSA) is 38.7 Å². The van der Waals surface area contributed by atoms with Gasteiger partial charge in [-0.05, 0) is 36.8 Å². The van der Waals surface area contributed by atoms with Gasteiger partial charge >= 0.3 is 6.18 Å². The van der Waals surface area contributed by atoms with E-state index in [0.29, 0.717) is 17.4 Å². The van der Waals surface area contributed by atoms with Crippen molar-refractivity contribution in [2.45, 2.75) is 31.3 Å². The molecule has 0 amide bonds. The minimum Gasteiger partial charge on any atom is -0.364 e. The lowest BCUT2D eigenvalue weighted by Gasteiger charge is -2.08. The fourth-order valence-corrected chi connectivity index (χ4v) is 1.61. The van der Waals surface area contributed by atoms with Gasteiger partial charge in [-0.1, -0.05) is 13.8 Å². The summed E-state index contributed by atoms with van der Waals surface area (Å²) in [5.74, 6) is -0.651. The molecular weight excluding hydrogens is 310 g/mol. The van der Waals surface area contributed by atoms with Gasteiger partial charge in [-0.3, -0.25) is 0 Å². The SMILES string of the molecule is CC(C)CCON=O.CSc1ccc(F)c(C(F)(F)F)c1. The summed E-state index contributed by atoms with van der Waals surface area (Å²) in [4.78, 5) is 13.9. The van der Waals surface area contributed by atoms with E-state index in [-0.39, 0.29) is 0 Å². The van der Waals surface area contributed by atoms with Gasteiger partial charge in [0.05, 0.1) is 5.56 Å². The Morgan fingerprint density at radius 1 is 1.33 bits per heavy atom. The number of benzene rings is 1. The van der Waals surface area contributed by atoms with Gasteiger partial charge in [0.25, 0.3) is 0 Å². The van der Waals surface area contributed by atoms with Crippen molar-refractivity contribution in [3.05, 3.63) is 34.5 Å².